The molecule has 4 heterocycles. The maximum atomic E-state index is 14.6. The van der Waals surface area contributed by atoms with Gasteiger partial charge in [-0.25, -0.2) is 4.39 Å². The van der Waals surface area contributed by atoms with Crippen LogP contribution in [0.25, 0.3) is 16.6 Å². The fourth-order valence-electron chi connectivity index (χ4n) is 7.34. The monoisotopic (exact) mass is 573 g/mol. The second-order valence-corrected chi connectivity index (χ2v) is 12.8. The Labute approximate surface area is 246 Å². The highest BCUT2D eigenvalue weighted by atomic mass is 19.1. The Morgan fingerprint density at radius 2 is 1.79 bits per heavy atom. The van der Waals surface area contributed by atoms with Crippen LogP contribution in [0.5, 0.6) is 0 Å². The van der Waals surface area contributed by atoms with Gasteiger partial charge < -0.3 is 19.7 Å². The summed E-state index contributed by atoms with van der Waals surface area (Å²) < 4.78 is 16.5. The van der Waals surface area contributed by atoms with Gasteiger partial charge in [0, 0.05) is 53.9 Å². The van der Waals surface area contributed by atoms with Crippen LogP contribution in [0.1, 0.15) is 73.4 Å². The fourth-order valence-corrected chi connectivity index (χ4v) is 7.34. The minimum Gasteiger partial charge on any atom is -0.341 e. The molecular formula is C33H40FN5O3. The van der Waals surface area contributed by atoms with Crippen LogP contribution in [-0.2, 0) is 4.79 Å². The van der Waals surface area contributed by atoms with E-state index in [9.17, 15) is 18.8 Å². The highest BCUT2D eigenvalue weighted by molar-refractivity contribution is 6.11. The van der Waals surface area contributed by atoms with E-state index in [-0.39, 0.29) is 47.2 Å². The Morgan fingerprint density at radius 1 is 1.07 bits per heavy atom. The van der Waals surface area contributed by atoms with E-state index in [0.717, 1.165) is 18.4 Å². The summed E-state index contributed by atoms with van der Waals surface area (Å²) in [6, 6.07) is 5.85. The van der Waals surface area contributed by atoms with Crippen molar-refractivity contribution in [3.8, 4) is 5.69 Å². The quantitative estimate of drug-likeness (QED) is 0.412. The molecule has 1 N–H and O–H groups in total. The number of fused-ring (bicyclic) bond motifs is 2. The average Bonchev–Trinajstić information content (AvgIpc) is 3.52. The summed E-state index contributed by atoms with van der Waals surface area (Å²) in [7, 11) is 0. The summed E-state index contributed by atoms with van der Waals surface area (Å²) in [6.07, 6.45) is 5.73. The molecular weight excluding hydrogens is 533 g/mol. The maximum Gasteiger partial charge on any atom is 0.256 e. The molecule has 222 valence electrons. The smallest absolute Gasteiger partial charge is 0.256 e. The number of ketones is 1. The van der Waals surface area contributed by atoms with Crippen molar-refractivity contribution in [2.24, 2.45) is 17.8 Å². The molecule has 2 saturated heterocycles. The van der Waals surface area contributed by atoms with Crippen LogP contribution in [0.4, 0.5) is 4.39 Å². The lowest BCUT2D eigenvalue weighted by Crippen LogP contribution is -2.49. The molecule has 1 saturated carbocycles. The lowest BCUT2D eigenvalue weighted by molar-refractivity contribution is -0.134. The number of aromatic nitrogens is 2. The summed E-state index contributed by atoms with van der Waals surface area (Å²) in [5.41, 5.74) is 2.75. The van der Waals surface area contributed by atoms with Gasteiger partial charge in [-0.2, -0.15) is 0 Å². The molecule has 8 nitrogen and oxygen atoms in total. The highest BCUT2D eigenvalue weighted by Crippen LogP contribution is 2.45. The van der Waals surface area contributed by atoms with Gasteiger partial charge in [-0.05, 0) is 96.5 Å². The number of piperidine rings is 2. The number of amides is 2. The minimum atomic E-state index is -0.496. The van der Waals surface area contributed by atoms with Gasteiger partial charge in [0.1, 0.15) is 5.82 Å². The normalized spacial score (nSPS) is 22.2. The van der Waals surface area contributed by atoms with E-state index in [0.29, 0.717) is 60.2 Å². The number of nitrogens with zero attached hydrogens (tertiary/aromatic N) is 4. The van der Waals surface area contributed by atoms with Crippen molar-refractivity contribution in [2.45, 2.75) is 72.0 Å². The molecule has 42 heavy (non-hydrogen) atoms. The van der Waals surface area contributed by atoms with Crippen LogP contribution in [0.15, 0.2) is 36.7 Å². The zero-order valence-corrected chi connectivity index (χ0v) is 25.1. The van der Waals surface area contributed by atoms with Crippen LogP contribution in [-0.4, -0.2) is 74.7 Å². The second kappa shape index (κ2) is 10.9. The van der Waals surface area contributed by atoms with Gasteiger partial charge in [0.2, 0.25) is 5.91 Å². The number of halogens is 1. The number of hydrogen-bond donors (Lipinski definition) is 1. The number of likely N-dealkylation sites (tertiary alicyclic amines) is 1. The number of nitrogens with one attached hydrogen (secondary N) is 1. The van der Waals surface area contributed by atoms with E-state index in [2.05, 4.69) is 10.3 Å². The molecule has 0 spiro atoms. The van der Waals surface area contributed by atoms with Gasteiger partial charge in [0.15, 0.2) is 5.78 Å². The zero-order chi connectivity index (χ0) is 29.9. The maximum absolute atomic E-state index is 14.6. The topological polar surface area (TPSA) is 87.5 Å². The molecule has 3 atom stereocenters. The van der Waals surface area contributed by atoms with E-state index >= 15 is 0 Å². The third-order valence-electron chi connectivity index (χ3n) is 9.48. The first-order valence-electron chi connectivity index (χ1n) is 15.2. The Kier molecular flexibility index (Phi) is 7.41. The molecule has 2 amide bonds. The molecule has 9 heteroatoms. The molecule has 2 aliphatic heterocycles. The van der Waals surface area contributed by atoms with E-state index in [1.54, 1.807) is 23.4 Å². The number of rotatable bonds is 7. The predicted octanol–water partition coefficient (Wildman–Crippen LogP) is 4.76. The first-order chi connectivity index (χ1) is 20.1. The predicted molar refractivity (Wildman–Crippen MR) is 159 cm³/mol. The van der Waals surface area contributed by atoms with Crippen molar-refractivity contribution in [1.82, 2.24) is 24.7 Å². The van der Waals surface area contributed by atoms with Gasteiger partial charge in [-0.15, -0.1) is 0 Å². The van der Waals surface area contributed by atoms with Gasteiger partial charge in [0.25, 0.3) is 5.91 Å². The van der Waals surface area contributed by atoms with E-state index in [4.69, 9.17) is 0 Å². The third kappa shape index (κ3) is 4.81. The molecule has 3 aromatic rings. The van der Waals surface area contributed by atoms with Gasteiger partial charge >= 0.3 is 0 Å². The van der Waals surface area contributed by atoms with Crippen molar-refractivity contribution in [1.29, 1.82) is 0 Å². The average molecular weight is 574 g/mol. The molecule has 3 fully saturated rings. The van der Waals surface area contributed by atoms with E-state index in [1.165, 1.54) is 12.1 Å². The fraction of sp³-hybridized carbons (Fsp3) is 0.515. The summed E-state index contributed by atoms with van der Waals surface area (Å²) in [5, 5.41) is 4.13. The number of Topliss-reactive ketones (excluding diaryl/α,β-unsaturated/α-hetero) is 1. The number of pyridine rings is 1. The van der Waals surface area contributed by atoms with Crippen LogP contribution < -0.4 is 5.32 Å². The van der Waals surface area contributed by atoms with E-state index in [1.807, 2.05) is 50.2 Å². The molecule has 1 aromatic carbocycles. The number of carbonyl (C=O) groups excluding carboxylic acids is 3. The molecule has 0 radical (unpaired) electrons. The van der Waals surface area contributed by atoms with Gasteiger partial charge in [-0.1, -0.05) is 0 Å². The summed E-state index contributed by atoms with van der Waals surface area (Å²) >= 11 is 0. The number of carbonyl (C=O) groups is 3. The number of benzene rings is 1. The van der Waals surface area contributed by atoms with Gasteiger partial charge in [-0.3, -0.25) is 19.4 Å². The van der Waals surface area contributed by atoms with Crippen molar-refractivity contribution in [3.63, 3.8) is 0 Å². The SMILES string of the molecule is Cc1c(C(=O)C2CCN(C(=O)[C@H]3NC[C@@H]4C[C@@H]43)CC2)c2ccncc2n1-c1ccc(F)cc1C(=O)N(C(C)C)C(C)C. The Hall–Kier alpha value is -3.59. The second-order valence-electron chi connectivity index (χ2n) is 12.8. The Bertz CT molecular complexity index is 1550. The van der Waals surface area contributed by atoms with Crippen LogP contribution in [0.2, 0.25) is 0 Å². The minimum absolute atomic E-state index is 0.0387. The van der Waals surface area contributed by atoms with Crippen molar-refractivity contribution < 1.29 is 18.8 Å². The summed E-state index contributed by atoms with van der Waals surface area (Å²) in [6.45, 7) is 11.7. The molecule has 6 rings (SSSR count). The molecule has 2 aromatic heterocycles. The van der Waals surface area contributed by atoms with Gasteiger partial charge in [0.05, 0.1) is 29.0 Å². The first-order valence-corrected chi connectivity index (χ1v) is 15.2. The third-order valence-corrected chi connectivity index (χ3v) is 9.48. The van der Waals surface area contributed by atoms with Crippen LogP contribution in [0, 0.1) is 30.5 Å². The standard InChI is InChI=1S/C33H40FN5O3/c1-18(2)38(19(3)4)32(41)26-15-23(34)6-7-27(26)39-20(5)29(24-8-11-35-17-28(24)39)31(40)21-9-12-37(13-10-21)33(42)30-25-14-22(25)16-36-30/h6-8,11,15,17-19,21-22,25,30,36H,9-10,12-14,16H2,1-5H3/t22-,25-,30-/m0/s1. The molecule has 0 bridgehead atoms. The zero-order valence-electron chi connectivity index (χ0n) is 25.1. The summed E-state index contributed by atoms with van der Waals surface area (Å²) in [5.74, 6) is 0.381. The summed E-state index contributed by atoms with van der Waals surface area (Å²) in [4.78, 5) is 49.1. The van der Waals surface area contributed by atoms with Crippen LogP contribution in [0.3, 0.4) is 0 Å². The van der Waals surface area contributed by atoms with Crippen molar-refractivity contribution >= 4 is 28.5 Å². The van der Waals surface area contributed by atoms with E-state index < -0.39 is 5.82 Å². The number of hydrogen-bond acceptors (Lipinski definition) is 5. The lowest BCUT2D eigenvalue weighted by atomic mass is 9.87. The van der Waals surface area contributed by atoms with Crippen molar-refractivity contribution in [3.05, 3.63) is 59.3 Å². The Balaban J connectivity index is 1.33. The van der Waals surface area contributed by atoms with Crippen molar-refractivity contribution in [2.75, 3.05) is 19.6 Å². The van der Waals surface area contributed by atoms with Crippen LogP contribution >= 0.6 is 0 Å². The first kappa shape index (κ1) is 28.5. The molecule has 0 unspecified atom stereocenters. The largest absolute Gasteiger partial charge is 0.341 e. The lowest BCUT2D eigenvalue weighted by Gasteiger charge is -2.33. The Morgan fingerprint density at radius 3 is 2.40 bits per heavy atom. The molecule has 3 aliphatic rings. The molecule has 1 aliphatic carbocycles. The highest BCUT2D eigenvalue weighted by Gasteiger charge is 2.52.